The first-order valence-corrected chi connectivity index (χ1v) is 5.22. The standard InChI is InChI=1S/C10H18N4/c1-14-7-10(6-13-14)12-5-8-2-3-9(11)4-8/h6-9,12H,2-5,11H2,1H3. The van der Waals surface area contributed by atoms with E-state index in [4.69, 9.17) is 5.73 Å². The van der Waals surface area contributed by atoms with Crippen molar-refractivity contribution in [1.29, 1.82) is 0 Å². The molecule has 2 rings (SSSR count). The molecule has 0 radical (unpaired) electrons. The fraction of sp³-hybridized carbons (Fsp3) is 0.700. The molecule has 1 aliphatic rings. The highest BCUT2D eigenvalue weighted by molar-refractivity contribution is 5.37. The highest BCUT2D eigenvalue weighted by atomic mass is 15.3. The molecule has 1 aromatic rings. The van der Waals surface area contributed by atoms with E-state index in [-0.39, 0.29) is 0 Å². The molecule has 3 N–H and O–H groups in total. The first kappa shape index (κ1) is 9.52. The van der Waals surface area contributed by atoms with Crippen molar-refractivity contribution in [1.82, 2.24) is 9.78 Å². The van der Waals surface area contributed by atoms with Gasteiger partial charge in [-0.3, -0.25) is 4.68 Å². The predicted molar refractivity (Wildman–Crippen MR) is 57.0 cm³/mol. The summed E-state index contributed by atoms with van der Waals surface area (Å²) in [5.41, 5.74) is 6.96. The molecule has 78 valence electrons. The van der Waals surface area contributed by atoms with Gasteiger partial charge in [-0.2, -0.15) is 5.10 Å². The van der Waals surface area contributed by atoms with Gasteiger partial charge in [-0.15, -0.1) is 0 Å². The average Bonchev–Trinajstić information content (AvgIpc) is 2.72. The van der Waals surface area contributed by atoms with Gasteiger partial charge in [0, 0.05) is 25.8 Å². The molecule has 0 bridgehead atoms. The van der Waals surface area contributed by atoms with Crippen molar-refractivity contribution in [3.8, 4) is 0 Å². The van der Waals surface area contributed by atoms with Crippen LogP contribution in [0.2, 0.25) is 0 Å². The zero-order valence-corrected chi connectivity index (χ0v) is 8.61. The van der Waals surface area contributed by atoms with Crippen molar-refractivity contribution >= 4 is 5.69 Å². The lowest BCUT2D eigenvalue weighted by Gasteiger charge is -2.10. The number of aryl methyl sites for hydroxylation is 1. The minimum atomic E-state index is 0.427. The molecule has 0 amide bonds. The molecular weight excluding hydrogens is 176 g/mol. The minimum Gasteiger partial charge on any atom is -0.382 e. The molecule has 0 aromatic carbocycles. The molecule has 2 unspecified atom stereocenters. The van der Waals surface area contributed by atoms with E-state index in [1.54, 1.807) is 0 Å². The number of hydrogen-bond donors (Lipinski definition) is 2. The van der Waals surface area contributed by atoms with Crippen LogP contribution in [-0.2, 0) is 7.05 Å². The summed E-state index contributed by atoms with van der Waals surface area (Å²) < 4.78 is 1.81. The van der Waals surface area contributed by atoms with E-state index in [0.29, 0.717) is 6.04 Å². The van der Waals surface area contributed by atoms with Crippen LogP contribution >= 0.6 is 0 Å². The van der Waals surface area contributed by atoms with E-state index < -0.39 is 0 Å². The third-order valence-corrected chi connectivity index (χ3v) is 2.88. The van der Waals surface area contributed by atoms with Crippen LogP contribution < -0.4 is 11.1 Å². The van der Waals surface area contributed by atoms with E-state index in [1.165, 1.54) is 12.8 Å². The van der Waals surface area contributed by atoms with E-state index in [9.17, 15) is 0 Å². The largest absolute Gasteiger partial charge is 0.382 e. The number of hydrogen-bond acceptors (Lipinski definition) is 3. The van der Waals surface area contributed by atoms with Gasteiger partial charge in [0.2, 0.25) is 0 Å². The topological polar surface area (TPSA) is 55.9 Å². The Balaban J connectivity index is 1.77. The molecule has 0 aliphatic heterocycles. The lowest BCUT2D eigenvalue weighted by atomic mass is 10.1. The Morgan fingerprint density at radius 2 is 2.50 bits per heavy atom. The first-order valence-electron chi connectivity index (χ1n) is 5.22. The number of nitrogens with zero attached hydrogens (tertiary/aromatic N) is 2. The van der Waals surface area contributed by atoms with Crippen LogP contribution in [-0.4, -0.2) is 22.4 Å². The number of nitrogens with two attached hydrogens (primary N) is 1. The molecule has 1 saturated carbocycles. The maximum Gasteiger partial charge on any atom is 0.0726 e. The first-order chi connectivity index (χ1) is 6.74. The van der Waals surface area contributed by atoms with Crippen LogP contribution in [0, 0.1) is 5.92 Å². The number of nitrogens with one attached hydrogen (secondary N) is 1. The van der Waals surface area contributed by atoms with Crippen molar-refractivity contribution in [3.63, 3.8) is 0 Å². The maximum atomic E-state index is 5.85. The van der Waals surface area contributed by atoms with Gasteiger partial charge < -0.3 is 11.1 Å². The van der Waals surface area contributed by atoms with E-state index in [1.807, 2.05) is 24.1 Å². The Hall–Kier alpha value is -1.03. The fourth-order valence-electron chi connectivity index (χ4n) is 2.07. The zero-order valence-electron chi connectivity index (χ0n) is 8.61. The predicted octanol–water partition coefficient (Wildman–Crippen LogP) is 0.959. The molecule has 1 aromatic heterocycles. The van der Waals surface area contributed by atoms with Gasteiger partial charge in [0.05, 0.1) is 11.9 Å². The molecule has 4 nitrogen and oxygen atoms in total. The summed E-state index contributed by atoms with van der Waals surface area (Å²) in [4.78, 5) is 0. The Kier molecular flexibility index (Phi) is 2.72. The smallest absolute Gasteiger partial charge is 0.0726 e. The average molecular weight is 194 g/mol. The highest BCUT2D eigenvalue weighted by Gasteiger charge is 2.21. The van der Waals surface area contributed by atoms with Crippen LogP contribution in [0.15, 0.2) is 12.4 Å². The molecule has 0 spiro atoms. The van der Waals surface area contributed by atoms with Gasteiger partial charge >= 0.3 is 0 Å². The molecule has 1 aliphatic carbocycles. The van der Waals surface area contributed by atoms with Gasteiger partial charge in [-0.1, -0.05) is 0 Å². The highest BCUT2D eigenvalue weighted by Crippen LogP contribution is 2.24. The van der Waals surface area contributed by atoms with Crippen LogP contribution in [0.5, 0.6) is 0 Å². The van der Waals surface area contributed by atoms with Crippen LogP contribution in [0.1, 0.15) is 19.3 Å². The molecule has 1 heterocycles. The van der Waals surface area contributed by atoms with E-state index in [0.717, 1.165) is 24.6 Å². The SMILES string of the molecule is Cn1cc(NCC2CCC(N)C2)cn1. The second-order valence-electron chi connectivity index (χ2n) is 4.22. The second kappa shape index (κ2) is 4.00. The molecule has 1 fully saturated rings. The van der Waals surface area contributed by atoms with Crippen molar-refractivity contribution in [2.45, 2.75) is 25.3 Å². The van der Waals surface area contributed by atoms with Crippen LogP contribution in [0.3, 0.4) is 0 Å². The Labute approximate surface area is 84.5 Å². The van der Waals surface area contributed by atoms with Crippen molar-refractivity contribution in [3.05, 3.63) is 12.4 Å². The van der Waals surface area contributed by atoms with Gasteiger partial charge in [0.25, 0.3) is 0 Å². The summed E-state index contributed by atoms with van der Waals surface area (Å²) in [6.45, 7) is 1.03. The van der Waals surface area contributed by atoms with Gasteiger partial charge in [-0.25, -0.2) is 0 Å². The molecular formula is C10H18N4. The van der Waals surface area contributed by atoms with Crippen LogP contribution in [0.4, 0.5) is 5.69 Å². The Bertz CT molecular complexity index is 294. The van der Waals surface area contributed by atoms with Crippen LogP contribution in [0.25, 0.3) is 0 Å². The van der Waals surface area contributed by atoms with E-state index >= 15 is 0 Å². The summed E-state index contributed by atoms with van der Waals surface area (Å²) in [7, 11) is 1.93. The third-order valence-electron chi connectivity index (χ3n) is 2.88. The second-order valence-corrected chi connectivity index (χ2v) is 4.22. The van der Waals surface area contributed by atoms with Crippen molar-refractivity contribution in [2.24, 2.45) is 18.7 Å². The van der Waals surface area contributed by atoms with Gasteiger partial charge in [0.15, 0.2) is 0 Å². The molecule has 4 heteroatoms. The number of aromatic nitrogens is 2. The Morgan fingerprint density at radius 3 is 3.07 bits per heavy atom. The third kappa shape index (κ3) is 2.26. The normalized spacial score (nSPS) is 26.7. The summed E-state index contributed by atoms with van der Waals surface area (Å²) >= 11 is 0. The quantitative estimate of drug-likeness (QED) is 0.753. The monoisotopic (exact) mass is 194 g/mol. The summed E-state index contributed by atoms with van der Waals surface area (Å²) in [6, 6.07) is 0.427. The minimum absolute atomic E-state index is 0.427. The molecule has 14 heavy (non-hydrogen) atoms. The number of rotatable bonds is 3. The number of anilines is 1. The Morgan fingerprint density at radius 1 is 1.64 bits per heavy atom. The van der Waals surface area contributed by atoms with Crippen molar-refractivity contribution < 1.29 is 0 Å². The van der Waals surface area contributed by atoms with Gasteiger partial charge in [-0.05, 0) is 25.2 Å². The maximum absolute atomic E-state index is 5.85. The summed E-state index contributed by atoms with van der Waals surface area (Å²) in [6.07, 6.45) is 7.45. The van der Waals surface area contributed by atoms with Crippen molar-refractivity contribution in [2.75, 3.05) is 11.9 Å². The summed E-state index contributed by atoms with van der Waals surface area (Å²) in [5, 5.41) is 7.50. The van der Waals surface area contributed by atoms with Gasteiger partial charge in [0.1, 0.15) is 0 Å². The summed E-state index contributed by atoms with van der Waals surface area (Å²) in [5.74, 6) is 0.741. The lowest BCUT2D eigenvalue weighted by molar-refractivity contribution is 0.566. The van der Waals surface area contributed by atoms with E-state index in [2.05, 4.69) is 10.4 Å². The lowest BCUT2D eigenvalue weighted by Crippen LogP contribution is -2.17. The fourth-order valence-corrected chi connectivity index (χ4v) is 2.07. The molecule has 0 saturated heterocycles. The zero-order chi connectivity index (χ0) is 9.97. The molecule has 2 atom stereocenters.